The van der Waals surface area contributed by atoms with Gasteiger partial charge in [-0.2, -0.15) is 0 Å². The van der Waals surface area contributed by atoms with Crippen LogP contribution in [-0.2, 0) is 0 Å². The number of nitrogens with zero attached hydrogens (tertiary/aromatic N) is 1. The third-order valence-electron chi connectivity index (χ3n) is 2.50. The van der Waals surface area contributed by atoms with Crippen LogP contribution in [0.1, 0.15) is 11.6 Å². The maximum absolute atomic E-state index is 5.80. The highest BCUT2D eigenvalue weighted by Crippen LogP contribution is 2.21. The zero-order chi connectivity index (χ0) is 13.0. The maximum atomic E-state index is 5.80. The Hall–Kier alpha value is -1.32. The molecule has 0 amide bonds. The molecule has 0 aliphatic rings. The van der Waals surface area contributed by atoms with Gasteiger partial charge in [-0.3, -0.25) is 0 Å². The minimum Gasteiger partial charge on any atom is -0.360 e. The number of hydrogen-bond donors (Lipinski definition) is 1. The summed E-state index contributed by atoms with van der Waals surface area (Å²) in [6.45, 7) is 3.85. The van der Waals surface area contributed by atoms with Crippen molar-refractivity contribution in [1.29, 1.82) is 0 Å². The summed E-state index contributed by atoms with van der Waals surface area (Å²) in [5.74, 6) is 0.771. The predicted octanol–water partition coefficient (Wildman–Crippen LogP) is 4.84. The van der Waals surface area contributed by atoms with Gasteiger partial charge in [0, 0.05) is 10.7 Å². The molecule has 2 nitrogen and oxygen atoms in total. The summed E-state index contributed by atoms with van der Waals surface area (Å²) in [6, 6.07) is 11.8. The Bertz CT molecular complexity index is 522. The Morgan fingerprint density at radius 2 is 1.94 bits per heavy atom. The molecule has 92 valence electrons. The molecule has 2 aromatic rings. The van der Waals surface area contributed by atoms with Crippen LogP contribution in [0.2, 0.25) is 5.02 Å². The number of nitrogens with one attached hydrogen (secondary N) is 1. The second kappa shape index (κ2) is 6.03. The maximum Gasteiger partial charge on any atom is 0.126 e. The average molecular weight is 324 g/mol. The molecule has 0 aliphatic carbocycles. The van der Waals surface area contributed by atoms with Gasteiger partial charge in [-0.15, -0.1) is 6.58 Å². The lowest BCUT2D eigenvalue weighted by Gasteiger charge is -2.15. The van der Waals surface area contributed by atoms with Crippen molar-refractivity contribution in [3.8, 4) is 0 Å². The number of benzene rings is 1. The van der Waals surface area contributed by atoms with E-state index in [4.69, 9.17) is 11.6 Å². The number of rotatable bonds is 4. The summed E-state index contributed by atoms with van der Waals surface area (Å²) < 4.78 is 1.05. The fraction of sp³-hybridized carbons (Fsp3) is 0.0714. The Morgan fingerprint density at radius 3 is 2.50 bits per heavy atom. The Labute approximate surface area is 120 Å². The van der Waals surface area contributed by atoms with Crippen LogP contribution in [-0.4, -0.2) is 4.98 Å². The summed E-state index contributed by atoms with van der Waals surface area (Å²) in [6.07, 6.45) is 3.46. The molecule has 2 rings (SSSR count). The van der Waals surface area contributed by atoms with Crippen molar-refractivity contribution in [2.75, 3.05) is 5.32 Å². The number of anilines is 1. The molecule has 4 heteroatoms. The molecule has 0 spiro atoms. The van der Waals surface area contributed by atoms with Crippen LogP contribution in [0.3, 0.4) is 0 Å². The summed E-state index contributed by atoms with van der Waals surface area (Å²) >= 11 is 9.22. The molecule has 0 radical (unpaired) electrons. The fourth-order valence-electron chi connectivity index (χ4n) is 1.57. The molecule has 1 unspecified atom stereocenters. The quantitative estimate of drug-likeness (QED) is 0.815. The topological polar surface area (TPSA) is 24.9 Å². The molecule has 0 saturated carbocycles. The highest BCUT2D eigenvalue weighted by Gasteiger charge is 2.07. The van der Waals surface area contributed by atoms with Crippen LogP contribution < -0.4 is 5.32 Å². The van der Waals surface area contributed by atoms with Gasteiger partial charge in [0.1, 0.15) is 5.82 Å². The van der Waals surface area contributed by atoms with Gasteiger partial charge in [-0.25, -0.2) is 4.98 Å². The molecule has 18 heavy (non-hydrogen) atoms. The molecule has 1 aromatic carbocycles. The summed E-state index contributed by atoms with van der Waals surface area (Å²) in [5.41, 5.74) is 1.13. The van der Waals surface area contributed by atoms with Crippen molar-refractivity contribution >= 4 is 33.3 Å². The second-order valence-corrected chi connectivity index (χ2v) is 5.12. The highest BCUT2D eigenvalue weighted by atomic mass is 79.9. The molecule has 0 bridgehead atoms. The van der Waals surface area contributed by atoms with E-state index in [9.17, 15) is 0 Å². The molecule has 1 heterocycles. The first-order valence-electron chi connectivity index (χ1n) is 5.45. The largest absolute Gasteiger partial charge is 0.360 e. The van der Waals surface area contributed by atoms with Crippen LogP contribution >= 0.6 is 27.5 Å². The minimum atomic E-state index is 0.0202. The molecule has 1 N–H and O–H groups in total. The van der Waals surface area contributed by atoms with Gasteiger partial charge in [0.15, 0.2) is 0 Å². The number of halogens is 2. The lowest BCUT2D eigenvalue weighted by Crippen LogP contribution is -2.08. The van der Waals surface area contributed by atoms with E-state index in [2.05, 4.69) is 32.8 Å². The Morgan fingerprint density at radius 1 is 1.22 bits per heavy atom. The molecule has 0 fully saturated rings. The van der Waals surface area contributed by atoms with E-state index in [0.717, 1.165) is 15.9 Å². The third-order valence-corrected chi connectivity index (χ3v) is 3.25. The van der Waals surface area contributed by atoms with Crippen molar-refractivity contribution < 1.29 is 0 Å². The van der Waals surface area contributed by atoms with Gasteiger partial charge in [0.25, 0.3) is 0 Å². The van der Waals surface area contributed by atoms with Gasteiger partial charge in [0.2, 0.25) is 0 Å². The average Bonchev–Trinajstić information content (AvgIpc) is 2.39. The van der Waals surface area contributed by atoms with Crippen molar-refractivity contribution in [1.82, 2.24) is 4.98 Å². The van der Waals surface area contributed by atoms with Gasteiger partial charge >= 0.3 is 0 Å². The number of hydrogen-bond acceptors (Lipinski definition) is 2. The van der Waals surface area contributed by atoms with E-state index in [-0.39, 0.29) is 6.04 Å². The van der Waals surface area contributed by atoms with E-state index in [1.54, 1.807) is 12.3 Å². The lowest BCUT2D eigenvalue weighted by molar-refractivity contribution is 0.971. The van der Waals surface area contributed by atoms with Crippen LogP contribution in [0, 0.1) is 0 Å². The number of aromatic nitrogens is 1. The highest BCUT2D eigenvalue weighted by molar-refractivity contribution is 9.10. The van der Waals surface area contributed by atoms with Gasteiger partial charge in [-0.05, 0) is 29.8 Å². The Kier molecular flexibility index (Phi) is 4.39. The SMILES string of the molecule is C=CC(Nc1ccc(Cl)cn1)c1ccc(Br)cc1. The first-order valence-corrected chi connectivity index (χ1v) is 6.62. The standard InChI is InChI=1S/C14H12BrClN2/c1-2-13(10-3-5-11(15)6-4-10)18-14-8-7-12(16)9-17-14/h2-9,13H,1H2,(H,17,18). The normalized spacial score (nSPS) is 11.9. The third kappa shape index (κ3) is 3.34. The summed E-state index contributed by atoms with van der Waals surface area (Å²) in [7, 11) is 0. The van der Waals surface area contributed by atoms with E-state index in [1.165, 1.54) is 0 Å². The van der Waals surface area contributed by atoms with E-state index in [0.29, 0.717) is 5.02 Å². The minimum absolute atomic E-state index is 0.0202. The lowest BCUT2D eigenvalue weighted by atomic mass is 10.1. The predicted molar refractivity (Wildman–Crippen MR) is 79.9 cm³/mol. The molecule has 0 saturated heterocycles. The van der Waals surface area contributed by atoms with Crippen molar-refractivity contribution in [2.24, 2.45) is 0 Å². The van der Waals surface area contributed by atoms with Crippen LogP contribution in [0.15, 0.2) is 59.7 Å². The van der Waals surface area contributed by atoms with E-state index in [1.807, 2.05) is 36.4 Å². The molecular weight excluding hydrogens is 312 g/mol. The van der Waals surface area contributed by atoms with Crippen molar-refractivity contribution in [3.63, 3.8) is 0 Å². The van der Waals surface area contributed by atoms with E-state index < -0.39 is 0 Å². The Balaban J connectivity index is 2.16. The molecule has 1 aromatic heterocycles. The zero-order valence-electron chi connectivity index (χ0n) is 9.61. The fourth-order valence-corrected chi connectivity index (χ4v) is 1.95. The van der Waals surface area contributed by atoms with Gasteiger partial charge in [-0.1, -0.05) is 45.7 Å². The van der Waals surface area contributed by atoms with Crippen LogP contribution in [0.5, 0.6) is 0 Å². The van der Waals surface area contributed by atoms with Crippen molar-refractivity contribution in [3.05, 3.63) is 70.3 Å². The monoisotopic (exact) mass is 322 g/mol. The first-order chi connectivity index (χ1) is 8.69. The summed E-state index contributed by atoms with van der Waals surface area (Å²) in [4.78, 5) is 4.21. The summed E-state index contributed by atoms with van der Waals surface area (Å²) in [5, 5.41) is 3.91. The van der Waals surface area contributed by atoms with Gasteiger partial charge < -0.3 is 5.32 Å². The van der Waals surface area contributed by atoms with Crippen LogP contribution in [0.25, 0.3) is 0 Å². The van der Waals surface area contributed by atoms with Crippen molar-refractivity contribution in [2.45, 2.75) is 6.04 Å². The smallest absolute Gasteiger partial charge is 0.126 e. The van der Waals surface area contributed by atoms with Crippen LogP contribution in [0.4, 0.5) is 5.82 Å². The molecule has 1 atom stereocenters. The first kappa shape index (κ1) is 13.1. The number of pyridine rings is 1. The molecule has 0 aliphatic heterocycles. The van der Waals surface area contributed by atoms with E-state index >= 15 is 0 Å². The zero-order valence-corrected chi connectivity index (χ0v) is 11.9. The van der Waals surface area contributed by atoms with Gasteiger partial charge in [0.05, 0.1) is 11.1 Å². The second-order valence-electron chi connectivity index (χ2n) is 3.77. The molecular formula is C14H12BrClN2.